The number of nitro benzene ring substituents is 1. The summed E-state index contributed by atoms with van der Waals surface area (Å²) in [5, 5.41) is 23.0. The van der Waals surface area contributed by atoms with Crippen molar-refractivity contribution >= 4 is 29.0 Å². The molecule has 8 nitrogen and oxygen atoms in total. The molecule has 3 aromatic rings. The number of aryl methyl sites for hydroxylation is 1. The highest BCUT2D eigenvalue weighted by Gasteiger charge is 2.18. The largest absolute Gasteiger partial charge is 0.325 e. The molecule has 0 unspecified atom stereocenters. The van der Waals surface area contributed by atoms with Crippen LogP contribution in [0.25, 0.3) is 11.4 Å². The van der Waals surface area contributed by atoms with E-state index in [2.05, 4.69) is 55.0 Å². The maximum absolute atomic E-state index is 12.5. The number of non-ortho nitro benzene ring substituents is 1. The van der Waals surface area contributed by atoms with E-state index >= 15 is 0 Å². The highest BCUT2D eigenvalue weighted by molar-refractivity contribution is 7.99. The maximum Gasteiger partial charge on any atom is 0.271 e. The van der Waals surface area contributed by atoms with Crippen LogP contribution in [0.4, 0.5) is 11.4 Å². The van der Waals surface area contributed by atoms with Gasteiger partial charge in [0.2, 0.25) is 5.91 Å². The summed E-state index contributed by atoms with van der Waals surface area (Å²) >= 11 is 1.25. The van der Waals surface area contributed by atoms with Gasteiger partial charge in [0.05, 0.1) is 16.4 Å². The Hall–Kier alpha value is -3.46. The summed E-state index contributed by atoms with van der Waals surface area (Å²) in [6.45, 7) is 12.6. The van der Waals surface area contributed by atoms with Crippen molar-refractivity contribution in [1.29, 1.82) is 0 Å². The fourth-order valence-electron chi connectivity index (χ4n) is 3.20. The number of nitrogens with one attached hydrogen (secondary N) is 1. The van der Waals surface area contributed by atoms with E-state index in [-0.39, 0.29) is 22.8 Å². The zero-order valence-electron chi connectivity index (χ0n) is 19.2. The third-order valence-electron chi connectivity index (χ3n) is 5.08. The SMILES string of the molecule is C=CCn1c(SCC(=O)Nc2cc([N+](=O)[O-])ccc2C)nnc1-c1ccc(C(C)(C)C)cc1. The van der Waals surface area contributed by atoms with Crippen molar-refractivity contribution < 1.29 is 9.72 Å². The van der Waals surface area contributed by atoms with E-state index < -0.39 is 4.92 Å². The lowest BCUT2D eigenvalue weighted by Crippen LogP contribution is -2.15. The number of nitrogens with zero attached hydrogens (tertiary/aromatic N) is 4. The topological polar surface area (TPSA) is 103 Å². The molecule has 1 aromatic heterocycles. The summed E-state index contributed by atoms with van der Waals surface area (Å²) < 4.78 is 1.91. The summed E-state index contributed by atoms with van der Waals surface area (Å²) in [6, 6.07) is 12.6. The molecule has 2 aromatic carbocycles. The minimum Gasteiger partial charge on any atom is -0.325 e. The van der Waals surface area contributed by atoms with Crippen LogP contribution in [0.15, 0.2) is 60.3 Å². The van der Waals surface area contributed by atoms with E-state index in [1.54, 1.807) is 19.1 Å². The number of aromatic nitrogens is 3. The Balaban J connectivity index is 1.75. The van der Waals surface area contributed by atoms with Crippen LogP contribution in [-0.4, -0.2) is 31.3 Å². The third kappa shape index (κ3) is 5.87. The van der Waals surface area contributed by atoms with Crippen molar-refractivity contribution in [3.63, 3.8) is 0 Å². The Kier molecular flexibility index (Phi) is 7.33. The first-order chi connectivity index (χ1) is 15.6. The summed E-state index contributed by atoms with van der Waals surface area (Å²) in [4.78, 5) is 23.0. The molecule has 0 radical (unpaired) electrons. The van der Waals surface area contributed by atoms with Crippen molar-refractivity contribution in [1.82, 2.24) is 14.8 Å². The molecule has 1 amide bonds. The number of rotatable bonds is 8. The van der Waals surface area contributed by atoms with Crippen LogP contribution in [0.5, 0.6) is 0 Å². The van der Waals surface area contributed by atoms with E-state index in [1.165, 1.54) is 29.5 Å². The average molecular weight is 466 g/mol. The van der Waals surface area contributed by atoms with Gasteiger partial charge in [-0.3, -0.25) is 19.5 Å². The van der Waals surface area contributed by atoms with Gasteiger partial charge in [-0.15, -0.1) is 16.8 Å². The van der Waals surface area contributed by atoms with E-state index in [9.17, 15) is 14.9 Å². The predicted molar refractivity (Wildman–Crippen MR) is 132 cm³/mol. The van der Waals surface area contributed by atoms with Gasteiger partial charge in [-0.25, -0.2) is 0 Å². The molecule has 3 rings (SSSR count). The number of benzene rings is 2. The summed E-state index contributed by atoms with van der Waals surface area (Å²) in [7, 11) is 0. The fourth-order valence-corrected chi connectivity index (χ4v) is 3.94. The van der Waals surface area contributed by atoms with E-state index in [1.807, 2.05) is 16.7 Å². The van der Waals surface area contributed by atoms with Gasteiger partial charge in [-0.05, 0) is 23.5 Å². The van der Waals surface area contributed by atoms with Crippen molar-refractivity contribution in [2.45, 2.75) is 44.8 Å². The Labute approximate surface area is 197 Å². The molecule has 0 aliphatic rings. The fraction of sp³-hybridized carbons (Fsp3) is 0.292. The molecular weight excluding hydrogens is 438 g/mol. The van der Waals surface area contributed by atoms with E-state index in [0.717, 1.165) is 11.1 Å². The number of carbonyl (C=O) groups is 1. The van der Waals surface area contributed by atoms with Gasteiger partial charge in [-0.2, -0.15) is 0 Å². The number of anilines is 1. The number of thioether (sulfide) groups is 1. The van der Waals surface area contributed by atoms with Crippen LogP contribution in [0.1, 0.15) is 31.9 Å². The summed E-state index contributed by atoms with van der Waals surface area (Å²) in [5.74, 6) is 0.501. The molecule has 33 heavy (non-hydrogen) atoms. The monoisotopic (exact) mass is 465 g/mol. The molecule has 0 atom stereocenters. The molecule has 0 aliphatic carbocycles. The summed E-state index contributed by atoms with van der Waals surface area (Å²) in [6.07, 6.45) is 1.76. The van der Waals surface area contributed by atoms with Crippen LogP contribution in [0.2, 0.25) is 0 Å². The Bertz CT molecular complexity index is 1180. The molecule has 0 spiro atoms. The lowest BCUT2D eigenvalue weighted by Gasteiger charge is -2.19. The number of hydrogen-bond donors (Lipinski definition) is 1. The Morgan fingerprint density at radius 3 is 2.52 bits per heavy atom. The number of allylic oxidation sites excluding steroid dienone is 1. The zero-order chi connectivity index (χ0) is 24.2. The first-order valence-corrected chi connectivity index (χ1v) is 11.4. The molecule has 1 N–H and O–H groups in total. The lowest BCUT2D eigenvalue weighted by molar-refractivity contribution is -0.384. The number of amides is 1. The Morgan fingerprint density at radius 1 is 1.21 bits per heavy atom. The van der Waals surface area contributed by atoms with Gasteiger partial charge in [0.25, 0.3) is 5.69 Å². The molecule has 0 fully saturated rings. The third-order valence-corrected chi connectivity index (χ3v) is 6.04. The van der Waals surface area contributed by atoms with Crippen LogP contribution < -0.4 is 5.32 Å². The Morgan fingerprint density at radius 2 is 1.91 bits per heavy atom. The molecule has 0 saturated carbocycles. The number of hydrogen-bond acceptors (Lipinski definition) is 6. The second kappa shape index (κ2) is 9.99. The average Bonchev–Trinajstić information content (AvgIpc) is 3.16. The van der Waals surface area contributed by atoms with E-state index in [0.29, 0.717) is 23.2 Å². The zero-order valence-corrected chi connectivity index (χ0v) is 20.0. The summed E-state index contributed by atoms with van der Waals surface area (Å²) in [5.41, 5.74) is 3.30. The first kappa shape index (κ1) is 24.2. The molecule has 9 heteroatoms. The van der Waals surface area contributed by atoms with Crippen molar-refractivity contribution in [2.24, 2.45) is 0 Å². The normalized spacial score (nSPS) is 11.3. The minimum absolute atomic E-state index is 0.0548. The first-order valence-electron chi connectivity index (χ1n) is 10.4. The molecule has 1 heterocycles. The standard InChI is InChI=1S/C24H27N5O3S/c1-6-13-28-22(17-8-10-18(11-9-17)24(3,4)5)26-27-23(28)33-15-21(30)25-20-14-19(29(31)32)12-7-16(20)2/h6-12,14H,1,13,15H2,2-5H3,(H,25,30). The molecular formula is C24H27N5O3S. The van der Waals surface area contributed by atoms with Gasteiger partial charge in [0.1, 0.15) is 0 Å². The maximum atomic E-state index is 12.5. The predicted octanol–water partition coefficient (Wildman–Crippen LogP) is 5.38. The second-order valence-corrected chi connectivity index (χ2v) is 9.57. The van der Waals surface area contributed by atoms with Crippen LogP contribution >= 0.6 is 11.8 Å². The van der Waals surface area contributed by atoms with Gasteiger partial charge in [-0.1, -0.05) is 68.9 Å². The van der Waals surface area contributed by atoms with Crippen molar-refractivity contribution in [3.05, 3.63) is 76.4 Å². The molecule has 172 valence electrons. The lowest BCUT2D eigenvalue weighted by atomic mass is 9.87. The van der Waals surface area contributed by atoms with Gasteiger partial charge in [0.15, 0.2) is 11.0 Å². The smallest absolute Gasteiger partial charge is 0.271 e. The second-order valence-electron chi connectivity index (χ2n) is 8.63. The van der Waals surface area contributed by atoms with Crippen molar-refractivity contribution in [3.8, 4) is 11.4 Å². The molecule has 0 aliphatic heterocycles. The highest BCUT2D eigenvalue weighted by Crippen LogP contribution is 2.28. The molecule has 0 bridgehead atoms. The van der Waals surface area contributed by atoms with E-state index in [4.69, 9.17) is 0 Å². The highest BCUT2D eigenvalue weighted by atomic mass is 32.2. The molecule has 0 saturated heterocycles. The van der Waals surface area contributed by atoms with Gasteiger partial charge >= 0.3 is 0 Å². The minimum atomic E-state index is -0.489. The van der Waals surface area contributed by atoms with Crippen molar-refractivity contribution in [2.75, 3.05) is 11.1 Å². The number of nitro groups is 1. The van der Waals surface area contributed by atoms with Crippen LogP contribution in [0, 0.1) is 17.0 Å². The van der Waals surface area contributed by atoms with Crippen LogP contribution in [0.3, 0.4) is 0 Å². The van der Waals surface area contributed by atoms with Gasteiger partial charge < -0.3 is 5.32 Å². The van der Waals surface area contributed by atoms with Gasteiger partial charge in [0, 0.05) is 24.2 Å². The quantitative estimate of drug-likeness (QED) is 0.207. The number of carbonyl (C=O) groups excluding carboxylic acids is 1. The van der Waals surface area contributed by atoms with Crippen LogP contribution in [-0.2, 0) is 16.8 Å².